The Balaban J connectivity index is 1.91. The van der Waals surface area contributed by atoms with Crippen LogP contribution in [0.5, 0.6) is 0 Å². The molecule has 1 aliphatic carbocycles. The third-order valence-corrected chi connectivity index (χ3v) is 4.67. The standard InChI is InChI=1S/C12H16IN3/c13-10-7-14-8-15-12(10)16-6-2-4-9-3-1-5-11(9)16/h7-9,11H,1-6H2. The SMILES string of the molecule is Ic1cncnc1N1CCCC2CCCC21. The zero-order chi connectivity index (χ0) is 11.0. The van der Waals surface area contributed by atoms with Crippen LogP contribution in [0.4, 0.5) is 5.82 Å². The van der Waals surface area contributed by atoms with Crippen molar-refractivity contribution >= 4 is 28.4 Å². The summed E-state index contributed by atoms with van der Waals surface area (Å²) in [6.45, 7) is 1.17. The van der Waals surface area contributed by atoms with E-state index in [0.717, 1.165) is 17.8 Å². The monoisotopic (exact) mass is 329 g/mol. The number of fused-ring (bicyclic) bond motifs is 1. The Morgan fingerprint density at radius 3 is 3.00 bits per heavy atom. The maximum absolute atomic E-state index is 4.47. The first kappa shape index (κ1) is 10.7. The summed E-state index contributed by atoms with van der Waals surface area (Å²) in [7, 11) is 0. The highest BCUT2D eigenvalue weighted by atomic mass is 127. The summed E-state index contributed by atoms with van der Waals surface area (Å²) < 4.78 is 1.19. The molecule has 0 aromatic carbocycles. The van der Waals surface area contributed by atoms with E-state index in [2.05, 4.69) is 37.5 Å². The van der Waals surface area contributed by atoms with Crippen LogP contribution in [0.15, 0.2) is 12.5 Å². The van der Waals surface area contributed by atoms with Crippen molar-refractivity contribution in [2.75, 3.05) is 11.4 Å². The molecule has 2 fully saturated rings. The lowest BCUT2D eigenvalue weighted by Crippen LogP contribution is -2.43. The van der Waals surface area contributed by atoms with Gasteiger partial charge in [-0.2, -0.15) is 0 Å². The molecule has 3 nitrogen and oxygen atoms in total. The summed E-state index contributed by atoms with van der Waals surface area (Å²) >= 11 is 2.35. The van der Waals surface area contributed by atoms with Crippen LogP contribution < -0.4 is 4.90 Å². The summed E-state index contributed by atoms with van der Waals surface area (Å²) in [6, 6.07) is 0.747. The highest BCUT2D eigenvalue weighted by Crippen LogP contribution is 2.39. The fraction of sp³-hybridized carbons (Fsp3) is 0.667. The van der Waals surface area contributed by atoms with Crippen molar-refractivity contribution in [3.05, 3.63) is 16.1 Å². The van der Waals surface area contributed by atoms with E-state index >= 15 is 0 Å². The van der Waals surface area contributed by atoms with E-state index in [-0.39, 0.29) is 0 Å². The molecule has 0 spiro atoms. The highest BCUT2D eigenvalue weighted by molar-refractivity contribution is 14.1. The van der Waals surface area contributed by atoms with Gasteiger partial charge in [0.1, 0.15) is 12.1 Å². The fourth-order valence-electron chi connectivity index (χ4n) is 3.23. The predicted molar refractivity (Wildman–Crippen MR) is 72.5 cm³/mol. The van der Waals surface area contributed by atoms with Crippen molar-refractivity contribution in [3.63, 3.8) is 0 Å². The second kappa shape index (κ2) is 4.47. The summed E-state index contributed by atoms with van der Waals surface area (Å²) in [5.41, 5.74) is 0. The molecule has 1 saturated carbocycles. The molecule has 0 amide bonds. The van der Waals surface area contributed by atoms with Crippen LogP contribution in [0.3, 0.4) is 0 Å². The third-order valence-electron chi connectivity index (χ3n) is 3.91. The van der Waals surface area contributed by atoms with Crippen LogP contribution in [0.1, 0.15) is 32.1 Å². The largest absolute Gasteiger partial charge is 0.352 e. The minimum Gasteiger partial charge on any atom is -0.352 e. The predicted octanol–water partition coefficient (Wildman–Crippen LogP) is 2.85. The van der Waals surface area contributed by atoms with Crippen molar-refractivity contribution in [1.82, 2.24) is 9.97 Å². The smallest absolute Gasteiger partial charge is 0.145 e. The van der Waals surface area contributed by atoms with Gasteiger partial charge in [0.05, 0.1) is 3.57 Å². The second-order valence-electron chi connectivity index (χ2n) is 4.79. The van der Waals surface area contributed by atoms with Crippen molar-refractivity contribution in [1.29, 1.82) is 0 Å². The minimum atomic E-state index is 0.747. The molecule has 3 rings (SSSR count). The zero-order valence-electron chi connectivity index (χ0n) is 9.27. The molecule has 4 heteroatoms. The number of hydrogen-bond donors (Lipinski definition) is 0. The van der Waals surface area contributed by atoms with Gasteiger partial charge in [-0.05, 0) is 54.2 Å². The molecule has 2 aliphatic rings. The average Bonchev–Trinajstić information content (AvgIpc) is 2.77. The van der Waals surface area contributed by atoms with Crippen LogP contribution in [-0.4, -0.2) is 22.6 Å². The molecule has 0 N–H and O–H groups in total. The van der Waals surface area contributed by atoms with Gasteiger partial charge in [-0.25, -0.2) is 9.97 Å². The van der Waals surface area contributed by atoms with E-state index in [9.17, 15) is 0 Å². The van der Waals surface area contributed by atoms with Crippen LogP contribution in [-0.2, 0) is 0 Å². The summed E-state index contributed by atoms with van der Waals surface area (Å²) in [6.07, 6.45) is 10.5. The van der Waals surface area contributed by atoms with E-state index in [1.54, 1.807) is 6.33 Å². The number of piperidine rings is 1. The van der Waals surface area contributed by atoms with Gasteiger partial charge in [-0.15, -0.1) is 0 Å². The van der Waals surface area contributed by atoms with E-state index in [1.807, 2.05) is 6.20 Å². The molecule has 2 heterocycles. The molecule has 16 heavy (non-hydrogen) atoms. The molecule has 2 unspecified atom stereocenters. The summed E-state index contributed by atoms with van der Waals surface area (Å²) in [4.78, 5) is 11.1. The molecule has 2 atom stereocenters. The third kappa shape index (κ3) is 1.81. The molecule has 0 bridgehead atoms. The lowest BCUT2D eigenvalue weighted by molar-refractivity contribution is 0.360. The minimum absolute atomic E-state index is 0.747. The van der Waals surface area contributed by atoms with E-state index in [0.29, 0.717) is 0 Å². The van der Waals surface area contributed by atoms with Gasteiger partial charge < -0.3 is 4.90 Å². The Bertz CT molecular complexity index is 382. The highest BCUT2D eigenvalue weighted by Gasteiger charge is 2.36. The van der Waals surface area contributed by atoms with Crippen molar-refractivity contribution in [2.24, 2.45) is 5.92 Å². The first-order valence-electron chi connectivity index (χ1n) is 6.08. The maximum atomic E-state index is 4.47. The van der Waals surface area contributed by atoms with Crippen molar-refractivity contribution < 1.29 is 0 Å². The molecule has 1 aromatic heterocycles. The van der Waals surface area contributed by atoms with E-state index in [4.69, 9.17) is 0 Å². The number of anilines is 1. The Morgan fingerprint density at radius 1 is 1.25 bits per heavy atom. The molecule has 1 saturated heterocycles. The second-order valence-corrected chi connectivity index (χ2v) is 5.95. The van der Waals surface area contributed by atoms with Gasteiger partial charge in [0.25, 0.3) is 0 Å². The number of halogens is 1. The molecular weight excluding hydrogens is 313 g/mol. The molecule has 0 radical (unpaired) electrons. The summed E-state index contributed by atoms with van der Waals surface area (Å²) in [5.74, 6) is 2.08. The fourth-order valence-corrected chi connectivity index (χ4v) is 3.84. The zero-order valence-corrected chi connectivity index (χ0v) is 11.4. The lowest BCUT2D eigenvalue weighted by atomic mass is 9.92. The maximum Gasteiger partial charge on any atom is 0.145 e. The van der Waals surface area contributed by atoms with Crippen LogP contribution in [0.25, 0.3) is 0 Å². The van der Waals surface area contributed by atoms with E-state index in [1.165, 1.54) is 42.2 Å². The van der Waals surface area contributed by atoms with Gasteiger partial charge in [0.15, 0.2) is 0 Å². The van der Waals surface area contributed by atoms with Crippen LogP contribution in [0, 0.1) is 9.49 Å². The van der Waals surface area contributed by atoms with Gasteiger partial charge >= 0.3 is 0 Å². The van der Waals surface area contributed by atoms with Crippen LogP contribution >= 0.6 is 22.6 Å². The number of hydrogen-bond acceptors (Lipinski definition) is 3. The van der Waals surface area contributed by atoms with E-state index < -0.39 is 0 Å². The average molecular weight is 329 g/mol. The van der Waals surface area contributed by atoms with Gasteiger partial charge in [-0.1, -0.05) is 6.42 Å². The van der Waals surface area contributed by atoms with Gasteiger partial charge in [-0.3, -0.25) is 0 Å². The van der Waals surface area contributed by atoms with Crippen molar-refractivity contribution in [2.45, 2.75) is 38.1 Å². The summed E-state index contributed by atoms with van der Waals surface area (Å²) in [5, 5.41) is 0. The van der Waals surface area contributed by atoms with Gasteiger partial charge in [0.2, 0.25) is 0 Å². The molecule has 86 valence electrons. The molecule has 1 aliphatic heterocycles. The Labute approximate surface area is 110 Å². The Hall–Kier alpha value is -0.390. The number of nitrogens with zero attached hydrogens (tertiary/aromatic N) is 3. The van der Waals surface area contributed by atoms with Gasteiger partial charge in [0, 0.05) is 18.8 Å². The Morgan fingerprint density at radius 2 is 2.12 bits per heavy atom. The molecule has 1 aromatic rings. The van der Waals surface area contributed by atoms with Crippen molar-refractivity contribution in [3.8, 4) is 0 Å². The lowest BCUT2D eigenvalue weighted by Gasteiger charge is -2.38. The normalized spacial score (nSPS) is 29.2. The topological polar surface area (TPSA) is 29.0 Å². The number of rotatable bonds is 1. The molecular formula is C12H16IN3. The number of aromatic nitrogens is 2. The first-order valence-corrected chi connectivity index (χ1v) is 7.16. The quantitative estimate of drug-likeness (QED) is 0.742. The van der Waals surface area contributed by atoms with Crippen LogP contribution in [0.2, 0.25) is 0 Å². The Kier molecular flexibility index (Phi) is 3.00. The first-order chi connectivity index (χ1) is 7.86.